The second kappa shape index (κ2) is 13.6. The highest BCUT2D eigenvalue weighted by molar-refractivity contribution is 5.99. The van der Waals surface area contributed by atoms with Gasteiger partial charge in [0, 0.05) is 12.4 Å². The highest BCUT2D eigenvalue weighted by Gasteiger charge is 2.41. The van der Waals surface area contributed by atoms with Crippen LogP contribution in [0.1, 0.15) is 52.8 Å². The lowest BCUT2D eigenvalue weighted by Crippen LogP contribution is -2.70. The van der Waals surface area contributed by atoms with Crippen molar-refractivity contribution in [2.45, 2.75) is 84.5 Å². The molecule has 2 N–H and O–H groups in total. The third kappa shape index (κ3) is 9.61. The molecule has 3 heterocycles. The summed E-state index contributed by atoms with van der Waals surface area (Å²) < 4.78 is 17.4. The molecule has 16 nitrogen and oxygen atoms in total. The fourth-order valence-corrected chi connectivity index (χ4v) is 4.01. The predicted molar refractivity (Wildman–Crippen MR) is 159 cm³/mol. The van der Waals surface area contributed by atoms with Crippen molar-refractivity contribution >= 4 is 30.1 Å². The van der Waals surface area contributed by atoms with Gasteiger partial charge in [-0.2, -0.15) is 20.1 Å². The molecule has 0 spiro atoms. The van der Waals surface area contributed by atoms with Gasteiger partial charge < -0.3 is 24.8 Å². The third-order valence-electron chi connectivity index (χ3n) is 5.91. The SMILES string of the molecule is CC(C)(C)OC(=O)N=C(N(Cc1cnn(C[C@H]2NC(=O)[C@H]2NC(=O)OCc2ccccc2)n1)C(=O)OC(C)(C)C)n1cccn1. The standard InChI is InChI=1S/C29H37N9O7/c1-28(2,3)44-26(41)34-24(37-14-10-13-30-37)36(27(42)45-29(4,5)6)16-20-15-31-38(35-20)17-21-22(23(39)32-21)33-25(40)43-18-19-11-8-7-9-12-19/h7-15,21-22H,16-18H2,1-6H3,(H,32,39)(H,33,40)/t21-,22+/m1/s1. The van der Waals surface area contributed by atoms with Crippen LogP contribution in [0, 0.1) is 0 Å². The molecule has 1 fully saturated rings. The second-order valence-electron chi connectivity index (χ2n) is 12.1. The van der Waals surface area contributed by atoms with Crippen LogP contribution in [0.25, 0.3) is 0 Å². The molecule has 240 valence electrons. The van der Waals surface area contributed by atoms with Gasteiger partial charge in [0.1, 0.15) is 29.5 Å². The first-order chi connectivity index (χ1) is 21.2. The lowest BCUT2D eigenvalue weighted by molar-refractivity contribution is -0.132. The predicted octanol–water partition coefficient (Wildman–Crippen LogP) is 2.84. The number of hydrogen-bond donors (Lipinski definition) is 2. The highest BCUT2D eigenvalue weighted by atomic mass is 16.6. The summed E-state index contributed by atoms with van der Waals surface area (Å²) in [5, 5.41) is 18.1. The van der Waals surface area contributed by atoms with Gasteiger partial charge in [-0.3, -0.25) is 4.79 Å². The van der Waals surface area contributed by atoms with E-state index in [0.29, 0.717) is 5.69 Å². The first kappa shape index (κ1) is 32.6. The fourth-order valence-electron chi connectivity index (χ4n) is 4.01. The summed E-state index contributed by atoms with van der Waals surface area (Å²) in [6.07, 6.45) is 1.90. The van der Waals surface area contributed by atoms with Gasteiger partial charge in [-0.25, -0.2) is 24.0 Å². The average Bonchev–Trinajstić information content (AvgIpc) is 3.63. The number of amides is 4. The Morgan fingerprint density at radius 1 is 1.02 bits per heavy atom. The number of benzene rings is 1. The molecule has 1 saturated heterocycles. The van der Waals surface area contributed by atoms with Crippen LogP contribution in [0.5, 0.6) is 0 Å². The summed E-state index contributed by atoms with van der Waals surface area (Å²) in [6.45, 7) is 10.1. The largest absolute Gasteiger partial charge is 0.445 e. The second-order valence-corrected chi connectivity index (χ2v) is 12.1. The Kier molecular flexibility index (Phi) is 9.84. The first-order valence-electron chi connectivity index (χ1n) is 14.2. The van der Waals surface area contributed by atoms with E-state index in [-0.39, 0.29) is 31.6 Å². The number of carbonyl (C=O) groups is 4. The Bertz CT molecular complexity index is 1520. The molecule has 2 atom stereocenters. The summed E-state index contributed by atoms with van der Waals surface area (Å²) in [5.41, 5.74) is -0.594. The zero-order valence-corrected chi connectivity index (χ0v) is 26.0. The van der Waals surface area contributed by atoms with Gasteiger partial charge in [-0.05, 0) is 53.2 Å². The van der Waals surface area contributed by atoms with E-state index in [1.807, 2.05) is 30.3 Å². The molecular formula is C29H37N9O7. The van der Waals surface area contributed by atoms with E-state index in [9.17, 15) is 19.2 Å². The number of aromatic nitrogens is 5. The van der Waals surface area contributed by atoms with Crippen LogP contribution >= 0.6 is 0 Å². The van der Waals surface area contributed by atoms with E-state index in [1.165, 1.54) is 28.1 Å². The molecule has 1 aliphatic heterocycles. The molecule has 16 heteroatoms. The lowest BCUT2D eigenvalue weighted by atomic mass is 9.99. The molecule has 0 radical (unpaired) electrons. The highest BCUT2D eigenvalue weighted by Crippen LogP contribution is 2.16. The number of nitrogens with one attached hydrogen (secondary N) is 2. The minimum Gasteiger partial charge on any atom is -0.445 e. The molecule has 4 rings (SSSR count). The maximum absolute atomic E-state index is 13.4. The maximum Gasteiger partial charge on any atom is 0.437 e. The lowest BCUT2D eigenvalue weighted by Gasteiger charge is -2.36. The van der Waals surface area contributed by atoms with Gasteiger partial charge in [0.05, 0.1) is 25.3 Å². The number of β-lactam (4-membered cyclic amide) rings is 1. The fraction of sp³-hybridized carbons (Fsp3) is 0.448. The monoisotopic (exact) mass is 623 g/mol. The summed E-state index contributed by atoms with van der Waals surface area (Å²) in [5.74, 6) is -0.551. The van der Waals surface area contributed by atoms with Crippen molar-refractivity contribution in [3.8, 4) is 0 Å². The number of carbonyl (C=O) groups excluding carboxylic acids is 4. The molecule has 0 saturated carbocycles. The Labute approximate surface area is 259 Å². The van der Waals surface area contributed by atoms with Gasteiger partial charge in [0.2, 0.25) is 11.9 Å². The van der Waals surface area contributed by atoms with E-state index in [1.54, 1.807) is 47.6 Å². The quantitative estimate of drug-likeness (QED) is 0.172. The van der Waals surface area contributed by atoms with Crippen molar-refractivity contribution < 1.29 is 33.4 Å². The van der Waals surface area contributed by atoms with E-state index in [2.05, 4.69) is 30.9 Å². The number of aliphatic imine (C=N–C) groups is 1. The maximum atomic E-state index is 13.4. The van der Waals surface area contributed by atoms with Crippen LogP contribution in [-0.2, 0) is 38.7 Å². The van der Waals surface area contributed by atoms with Crippen LogP contribution in [0.3, 0.4) is 0 Å². The van der Waals surface area contributed by atoms with Crippen LogP contribution in [0.15, 0.2) is 60.0 Å². The molecule has 4 amide bonds. The molecule has 2 aromatic heterocycles. The van der Waals surface area contributed by atoms with E-state index >= 15 is 0 Å². The van der Waals surface area contributed by atoms with E-state index in [0.717, 1.165) is 10.5 Å². The topological polar surface area (TPSA) is 184 Å². The van der Waals surface area contributed by atoms with Crippen molar-refractivity contribution in [3.63, 3.8) is 0 Å². The summed E-state index contributed by atoms with van der Waals surface area (Å²) in [4.78, 5) is 57.1. The van der Waals surface area contributed by atoms with Crippen LogP contribution in [-0.4, -0.2) is 83.1 Å². The van der Waals surface area contributed by atoms with Crippen LogP contribution in [0.2, 0.25) is 0 Å². The Hall–Kier alpha value is -5.28. The molecule has 0 bridgehead atoms. The van der Waals surface area contributed by atoms with Crippen molar-refractivity contribution in [2.75, 3.05) is 0 Å². The van der Waals surface area contributed by atoms with E-state index in [4.69, 9.17) is 14.2 Å². The Morgan fingerprint density at radius 3 is 2.36 bits per heavy atom. The van der Waals surface area contributed by atoms with Gasteiger partial charge >= 0.3 is 18.3 Å². The number of alkyl carbamates (subject to hydrolysis) is 1. The average molecular weight is 624 g/mol. The van der Waals surface area contributed by atoms with Crippen molar-refractivity contribution in [1.29, 1.82) is 0 Å². The van der Waals surface area contributed by atoms with Crippen molar-refractivity contribution in [1.82, 2.24) is 40.3 Å². The number of hydrogen-bond acceptors (Lipinski definition) is 10. The van der Waals surface area contributed by atoms with Gasteiger partial charge in [0.25, 0.3) is 0 Å². The zero-order chi connectivity index (χ0) is 32.8. The minimum atomic E-state index is -0.938. The molecule has 0 aliphatic carbocycles. The molecule has 0 unspecified atom stereocenters. The normalized spacial score (nSPS) is 16.7. The summed E-state index contributed by atoms with van der Waals surface area (Å²) in [6, 6.07) is 9.38. The van der Waals surface area contributed by atoms with Gasteiger partial charge in [-0.15, -0.1) is 4.99 Å². The molecule has 1 aliphatic rings. The van der Waals surface area contributed by atoms with Gasteiger partial charge in [-0.1, -0.05) is 30.3 Å². The van der Waals surface area contributed by atoms with Crippen LogP contribution < -0.4 is 10.6 Å². The minimum absolute atomic E-state index is 0.0572. The van der Waals surface area contributed by atoms with E-state index < -0.39 is 41.6 Å². The molecule has 3 aromatic rings. The van der Waals surface area contributed by atoms with Crippen LogP contribution in [0.4, 0.5) is 14.4 Å². The number of ether oxygens (including phenoxy) is 3. The smallest absolute Gasteiger partial charge is 0.437 e. The third-order valence-corrected chi connectivity index (χ3v) is 5.91. The molecular weight excluding hydrogens is 586 g/mol. The van der Waals surface area contributed by atoms with Crippen molar-refractivity contribution in [3.05, 3.63) is 66.2 Å². The summed E-state index contributed by atoms with van der Waals surface area (Å²) in [7, 11) is 0. The Morgan fingerprint density at radius 2 is 1.73 bits per heavy atom. The molecule has 45 heavy (non-hydrogen) atoms. The molecule has 1 aromatic carbocycles. The number of rotatable bonds is 7. The number of nitrogens with zero attached hydrogens (tertiary/aromatic N) is 7. The zero-order valence-electron chi connectivity index (χ0n) is 26.0. The van der Waals surface area contributed by atoms with Crippen molar-refractivity contribution in [2.24, 2.45) is 4.99 Å². The Balaban J connectivity index is 1.47. The summed E-state index contributed by atoms with van der Waals surface area (Å²) >= 11 is 0. The first-order valence-corrected chi connectivity index (χ1v) is 14.2. The van der Waals surface area contributed by atoms with Gasteiger partial charge in [0.15, 0.2) is 0 Å².